The number of rotatable bonds is 17. The van der Waals surface area contributed by atoms with Gasteiger partial charge in [-0.2, -0.15) is 0 Å². The standard InChI is InChI=1S/C32H40N6/c1(3-13-23-37(25-29-15-5-9-19-33-29)26-30-16-6-10-20-34-30)2-4-14-24-38(27-31-17-7-11-21-35-31)28-32-18-8-12-22-36-32/h5-12,15-22H,1-4,13-14,23-28H2. The highest BCUT2D eigenvalue weighted by Gasteiger charge is 2.10. The summed E-state index contributed by atoms with van der Waals surface area (Å²) in [5, 5.41) is 0. The monoisotopic (exact) mass is 508 g/mol. The average Bonchev–Trinajstić information content (AvgIpc) is 2.96. The summed E-state index contributed by atoms with van der Waals surface area (Å²) in [7, 11) is 0. The third-order valence-electron chi connectivity index (χ3n) is 6.65. The van der Waals surface area contributed by atoms with Crippen molar-refractivity contribution in [2.75, 3.05) is 13.1 Å². The summed E-state index contributed by atoms with van der Waals surface area (Å²) < 4.78 is 0. The molecule has 0 amide bonds. The lowest BCUT2D eigenvalue weighted by Gasteiger charge is -2.22. The van der Waals surface area contributed by atoms with E-state index in [0.717, 1.165) is 62.0 Å². The van der Waals surface area contributed by atoms with E-state index in [1.807, 2.05) is 49.1 Å². The first-order chi connectivity index (χ1) is 18.8. The molecule has 0 bridgehead atoms. The molecule has 198 valence electrons. The summed E-state index contributed by atoms with van der Waals surface area (Å²) in [6.45, 7) is 5.57. The first kappa shape index (κ1) is 27.6. The van der Waals surface area contributed by atoms with Crippen LogP contribution >= 0.6 is 0 Å². The quantitative estimate of drug-likeness (QED) is 0.156. The Kier molecular flexibility index (Phi) is 11.9. The minimum absolute atomic E-state index is 0.861. The largest absolute Gasteiger partial charge is 0.292 e. The molecule has 4 rings (SSSR count). The van der Waals surface area contributed by atoms with Gasteiger partial charge in [-0.1, -0.05) is 49.9 Å². The molecule has 0 radical (unpaired) electrons. The highest BCUT2D eigenvalue weighted by molar-refractivity contribution is 5.07. The molecule has 6 nitrogen and oxygen atoms in total. The predicted octanol–water partition coefficient (Wildman–Crippen LogP) is 6.31. The molecule has 0 aliphatic carbocycles. The molecule has 0 saturated heterocycles. The van der Waals surface area contributed by atoms with Gasteiger partial charge in [-0.25, -0.2) is 0 Å². The lowest BCUT2D eigenvalue weighted by Crippen LogP contribution is -2.25. The number of hydrogen-bond donors (Lipinski definition) is 0. The number of nitrogens with zero attached hydrogens (tertiary/aromatic N) is 6. The van der Waals surface area contributed by atoms with E-state index in [-0.39, 0.29) is 0 Å². The van der Waals surface area contributed by atoms with E-state index in [9.17, 15) is 0 Å². The first-order valence-electron chi connectivity index (χ1n) is 13.9. The predicted molar refractivity (Wildman–Crippen MR) is 153 cm³/mol. The van der Waals surface area contributed by atoms with Gasteiger partial charge < -0.3 is 0 Å². The fourth-order valence-electron chi connectivity index (χ4n) is 4.69. The fourth-order valence-corrected chi connectivity index (χ4v) is 4.69. The van der Waals surface area contributed by atoms with E-state index in [1.54, 1.807) is 0 Å². The normalized spacial score (nSPS) is 11.3. The molecule has 0 aromatic carbocycles. The fraction of sp³-hybridized carbons (Fsp3) is 0.375. The van der Waals surface area contributed by atoms with Gasteiger partial charge in [0.25, 0.3) is 0 Å². The molecule has 4 heterocycles. The molecule has 6 heteroatoms. The molecule has 38 heavy (non-hydrogen) atoms. The zero-order chi connectivity index (χ0) is 26.1. The number of aromatic nitrogens is 4. The summed E-state index contributed by atoms with van der Waals surface area (Å²) >= 11 is 0. The summed E-state index contributed by atoms with van der Waals surface area (Å²) in [6, 6.07) is 24.6. The van der Waals surface area contributed by atoms with Gasteiger partial charge in [0, 0.05) is 51.0 Å². The summed E-state index contributed by atoms with van der Waals surface area (Å²) in [6.07, 6.45) is 15.0. The Balaban J connectivity index is 1.16. The second kappa shape index (κ2) is 16.4. The highest BCUT2D eigenvalue weighted by atomic mass is 15.1. The third kappa shape index (κ3) is 10.5. The lowest BCUT2D eigenvalue weighted by atomic mass is 10.1. The molecule has 0 unspecified atom stereocenters. The molecular formula is C32H40N6. The molecule has 0 saturated carbocycles. The molecule has 0 fully saturated rings. The van der Waals surface area contributed by atoms with Crippen molar-refractivity contribution in [3.05, 3.63) is 120 Å². The minimum Gasteiger partial charge on any atom is -0.292 e. The number of pyridine rings is 4. The maximum Gasteiger partial charge on any atom is 0.0544 e. The number of unbranched alkanes of at least 4 members (excludes halogenated alkanes) is 5. The van der Waals surface area contributed by atoms with Crippen molar-refractivity contribution in [2.24, 2.45) is 0 Å². The van der Waals surface area contributed by atoms with E-state index in [4.69, 9.17) is 0 Å². The molecule has 0 atom stereocenters. The van der Waals surface area contributed by atoms with E-state index in [1.165, 1.54) is 38.5 Å². The van der Waals surface area contributed by atoms with Crippen LogP contribution in [0.2, 0.25) is 0 Å². The first-order valence-corrected chi connectivity index (χ1v) is 13.9. The molecule has 0 aliphatic heterocycles. The van der Waals surface area contributed by atoms with Gasteiger partial charge in [-0.3, -0.25) is 29.7 Å². The van der Waals surface area contributed by atoms with Crippen LogP contribution in [0.4, 0.5) is 0 Å². The van der Waals surface area contributed by atoms with Crippen LogP contribution in [0.1, 0.15) is 61.3 Å². The lowest BCUT2D eigenvalue weighted by molar-refractivity contribution is 0.240. The molecular weight excluding hydrogens is 468 g/mol. The van der Waals surface area contributed by atoms with Crippen molar-refractivity contribution in [1.82, 2.24) is 29.7 Å². The van der Waals surface area contributed by atoms with Gasteiger partial charge in [0.1, 0.15) is 0 Å². The van der Waals surface area contributed by atoms with E-state index in [0.29, 0.717) is 0 Å². The van der Waals surface area contributed by atoms with Crippen molar-refractivity contribution in [1.29, 1.82) is 0 Å². The van der Waals surface area contributed by atoms with Gasteiger partial charge in [0.2, 0.25) is 0 Å². The Morgan fingerprint density at radius 2 is 0.658 bits per heavy atom. The van der Waals surface area contributed by atoms with E-state index in [2.05, 4.69) is 78.3 Å². The Morgan fingerprint density at radius 3 is 0.921 bits per heavy atom. The van der Waals surface area contributed by atoms with Crippen LogP contribution < -0.4 is 0 Å². The van der Waals surface area contributed by atoms with Crippen LogP contribution in [0.5, 0.6) is 0 Å². The van der Waals surface area contributed by atoms with Crippen LogP contribution in [0, 0.1) is 0 Å². The summed E-state index contributed by atoms with van der Waals surface area (Å²) in [5.74, 6) is 0. The second-order valence-corrected chi connectivity index (χ2v) is 9.83. The zero-order valence-electron chi connectivity index (χ0n) is 22.4. The highest BCUT2D eigenvalue weighted by Crippen LogP contribution is 2.13. The Hall–Kier alpha value is -3.48. The SMILES string of the molecule is c1ccc(CN(CCCCCCCCN(Cc2ccccn2)Cc2ccccn2)Cc2ccccn2)nc1. The van der Waals surface area contributed by atoms with E-state index < -0.39 is 0 Å². The van der Waals surface area contributed by atoms with Gasteiger partial charge >= 0.3 is 0 Å². The van der Waals surface area contributed by atoms with Crippen LogP contribution in [0.25, 0.3) is 0 Å². The zero-order valence-corrected chi connectivity index (χ0v) is 22.4. The number of hydrogen-bond acceptors (Lipinski definition) is 6. The van der Waals surface area contributed by atoms with Gasteiger partial charge in [-0.05, 0) is 74.5 Å². The molecule has 0 N–H and O–H groups in total. The maximum atomic E-state index is 4.53. The summed E-state index contributed by atoms with van der Waals surface area (Å²) in [4.78, 5) is 23.1. The van der Waals surface area contributed by atoms with Crippen molar-refractivity contribution in [3.63, 3.8) is 0 Å². The second-order valence-electron chi connectivity index (χ2n) is 9.83. The van der Waals surface area contributed by atoms with Crippen LogP contribution in [0.15, 0.2) is 97.6 Å². The summed E-state index contributed by atoms with van der Waals surface area (Å²) in [5.41, 5.74) is 4.46. The minimum atomic E-state index is 0.861. The molecule has 0 aliphatic rings. The van der Waals surface area contributed by atoms with Crippen molar-refractivity contribution >= 4 is 0 Å². The van der Waals surface area contributed by atoms with Crippen molar-refractivity contribution in [3.8, 4) is 0 Å². The third-order valence-corrected chi connectivity index (χ3v) is 6.65. The van der Waals surface area contributed by atoms with Gasteiger partial charge in [-0.15, -0.1) is 0 Å². The van der Waals surface area contributed by atoms with Crippen LogP contribution in [-0.4, -0.2) is 42.8 Å². The van der Waals surface area contributed by atoms with E-state index >= 15 is 0 Å². The van der Waals surface area contributed by atoms with Crippen LogP contribution in [0.3, 0.4) is 0 Å². The Bertz CT molecular complexity index is 950. The smallest absolute Gasteiger partial charge is 0.0544 e. The topological polar surface area (TPSA) is 58.0 Å². The molecule has 0 spiro atoms. The van der Waals surface area contributed by atoms with Crippen molar-refractivity contribution < 1.29 is 0 Å². The Morgan fingerprint density at radius 1 is 0.368 bits per heavy atom. The van der Waals surface area contributed by atoms with Gasteiger partial charge in [0.15, 0.2) is 0 Å². The van der Waals surface area contributed by atoms with Gasteiger partial charge in [0.05, 0.1) is 22.8 Å². The maximum absolute atomic E-state index is 4.53. The molecule has 4 aromatic rings. The van der Waals surface area contributed by atoms with Crippen LogP contribution in [-0.2, 0) is 26.2 Å². The average molecular weight is 509 g/mol. The molecule has 4 aromatic heterocycles. The van der Waals surface area contributed by atoms with Crippen molar-refractivity contribution in [2.45, 2.75) is 64.7 Å². The Labute approximate surface area is 227 Å².